The van der Waals surface area contributed by atoms with Crippen LogP contribution in [0.2, 0.25) is 0 Å². The summed E-state index contributed by atoms with van der Waals surface area (Å²) in [5, 5.41) is 3.73. The standard InChI is InChI=1S/C27H30N8O2/c1-32-14-16-33(17-15-32)21-11-9-20(10-12-21)29-27-28-19-22-25(31-27)35-23-7-6-8-24(30-23)37-18-5-3-2-4-13-34(35)26(22)36/h2,4,6-12,19H,3,5,13-18H2,1H3,(H,28,29,31)/b4-2-. The molecule has 5 heterocycles. The Balaban J connectivity index is 1.34. The Morgan fingerprint density at radius 1 is 0.973 bits per heavy atom. The summed E-state index contributed by atoms with van der Waals surface area (Å²) in [6.07, 6.45) is 7.41. The molecule has 190 valence electrons. The average molecular weight is 499 g/mol. The Hall–Kier alpha value is -4.18. The number of likely N-dealkylation sites (N-methyl/N-ethyl adjacent to an activating group) is 1. The second-order valence-electron chi connectivity index (χ2n) is 9.39. The lowest BCUT2D eigenvalue weighted by Crippen LogP contribution is -2.44. The molecule has 2 bridgehead atoms. The normalized spacial score (nSPS) is 17.4. The van der Waals surface area contributed by atoms with E-state index in [1.54, 1.807) is 15.6 Å². The maximum absolute atomic E-state index is 13.3. The largest absolute Gasteiger partial charge is 0.478 e. The maximum Gasteiger partial charge on any atom is 0.278 e. The molecular weight excluding hydrogens is 468 g/mol. The fourth-order valence-corrected chi connectivity index (χ4v) is 4.71. The molecule has 10 heteroatoms. The zero-order valence-corrected chi connectivity index (χ0v) is 20.9. The van der Waals surface area contributed by atoms with Gasteiger partial charge < -0.3 is 19.9 Å². The number of pyridine rings is 1. The van der Waals surface area contributed by atoms with Crippen molar-refractivity contribution >= 4 is 28.4 Å². The third-order valence-electron chi connectivity index (χ3n) is 6.80. The van der Waals surface area contributed by atoms with Gasteiger partial charge in [0.1, 0.15) is 5.39 Å². The monoisotopic (exact) mass is 498 g/mol. The number of allylic oxidation sites excluding steroid dienone is 2. The first-order valence-electron chi connectivity index (χ1n) is 12.7. The van der Waals surface area contributed by atoms with Gasteiger partial charge >= 0.3 is 0 Å². The van der Waals surface area contributed by atoms with E-state index < -0.39 is 0 Å². The van der Waals surface area contributed by atoms with E-state index in [9.17, 15) is 4.79 Å². The molecule has 0 atom stereocenters. The van der Waals surface area contributed by atoms with Crippen LogP contribution in [0.3, 0.4) is 0 Å². The maximum atomic E-state index is 13.3. The fourth-order valence-electron chi connectivity index (χ4n) is 4.71. The molecular formula is C27H30N8O2. The molecule has 4 aromatic rings. The van der Waals surface area contributed by atoms with Gasteiger partial charge in [0.05, 0.1) is 13.2 Å². The van der Waals surface area contributed by atoms with Crippen molar-refractivity contribution in [2.75, 3.05) is 50.1 Å². The molecule has 2 aliphatic rings. The van der Waals surface area contributed by atoms with E-state index in [2.05, 4.69) is 50.3 Å². The van der Waals surface area contributed by atoms with Crippen molar-refractivity contribution in [1.29, 1.82) is 0 Å². The molecule has 3 aromatic heterocycles. The quantitative estimate of drug-likeness (QED) is 0.431. The van der Waals surface area contributed by atoms with Crippen molar-refractivity contribution in [2.45, 2.75) is 19.4 Å². The third kappa shape index (κ3) is 4.79. The first-order valence-corrected chi connectivity index (χ1v) is 12.7. The van der Waals surface area contributed by atoms with Crippen LogP contribution < -0.4 is 20.5 Å². The first-order chi connectivity index (χ1) is 18.2. The van der Waals surface area contributed by atoms with Crippen LogP contribution in [0.4, 0.5) is 17.3 Å². The first kappa shape index (κ1) is 23.2. The number of hydrogen-bond acceptors (Lipinski definition) is 8. The fraction of sp³-hybridized carbons (Fsp3) is 0.333. The summed E-state index contributed by atoms with van der Waals surface area (Å²) < 4.78 is 9.20. The summed E-state index contributed by atoms with van der Waals surface area (Å²) in [7, 11) is 2.16. The van der Waals surface area contributed by atoms with Gasteiger partial charge in [-0.05, 0) is 50.2 Å². The van der Waals surface area contributed by atoms with Gasteiger partial charge in [-0.25, -0.2) is 14.3 Å². The zero-order valence-electron chi connectivity index (χ0n) is 20.9. The smallest absolute Gasteiger partial charge is 0.278 e. The minimum atomic E-state index is -0.159. The van der Waals surface area contributed by atoms with Crippen LogP contribution in [0.1, 0.15) is 12.8 Å². The summed E-state index contributed by atoms with van der Waals surface area (Å²) in [4.78, 5) is 31.9. The lowest BCUT2D eigenvalue weighted by Gasteiger charge is -2.34. The van der Waals surface area contributed by atoms with Crippen LogP contribution >= 0.6 is 0 Å². The van der Waals surface area contributed by atoms with E-state index >= 15 is 0 Å². The highest BCUT2D eigenvalue weighted by molar-refractivity contribution is 5.77. The summed E-state index contributed by atoms with van der Waals surface area (Å²) in [5.74, 6) is 1.50. The van der Waals surface area contributed by atoms with Gasteiger partial charge in [-0.3, -0.25) is 4.79 Å². The van der Waals surface area contributed by atoms with Crippen molar-refractivity contribution in [1.82, 2.24) is 29.2 Å². The molecule has 0 spiro atoms. The Morgan fingerprint density at radius 2 is 1.81 bits per heavy atom. The van der Waals surface area contributed by atoms with Crippen LogP contribution in [-0.4, -0.2) is 69.0 Å². The number of ether oxygens (including phenoxy) is 1. The molecule has 1 saturated heterocycles. The molecule has 0 saturated carbocycles. The van der Waals surface area contributed by atoms with Gasteiger partial charge in [-0.15, -0.1) is 0 Å². The van der Waals surface area contributed by atoms with E-state index in [0.29, 0.717) is 41.8 Å². The Kier molecular flexibility index (Phi) is 6.32. The highest BCUT2D eigenvalue weighted by Gasteiger charge is 2.19. The summed E-state index contributed by atoms with van der Waals surface area (Å²) in [6, 6.07) is 13.9. The summed E-state index contributed by atoms with van der Waals surface area (Å²) in [6.45, 7) is 5.17. The number of nitrogens with zero attached hydrogens (tertiary/aromatic N) is 7. The minimum absolute atomic E-state index is 0.159. The molecule has 1 aromatic carbocycles. The van der Waals surface area contributed by atoms with Crippen LogP contribution in [0.25, 0.3) is 16.9 Å². The van der Waals surface area contributed by atoms with Gasteiger partial charge in [-0.1, -0.05) is 18.2 Å². The number of fused-ring (bicyclic) bond motifs is 6. The number of rotatable bonds is 3. The van der Waals surface area contributed by atoms with Gasteiger partial charge in [0.2, 0.25) is 11.8 Å². The van der Waals surface area contributed by atoms with Gasteiger partial charge in [0.15, 0.2) is 11.5 Å². The summed E-state index contributed by atoms with van der Waals surface area (Å²) >= 11 is 0. The molecule has 37 heavy (non-hydrogen) atoms. The van der Waals surface area contributed by atoms with E-state index in [-0.39, 0.29) is 5.56 Å². The third-order valence-corrected chi connectivity index (χ3v) is 6.80. The van der Waals surface area contributed by atoms with E-state index in [4.69, 9.17) is 9.72 Å². The topological polar surface area (TPSA) is 93.3 Å². The van der Waals surface area contributed by atoms with E-state index in [1.807, 2.05) is 36.4 Å². The number of piperazine rings is 1. The van der Waals surface area contributed by atoms with Gasteiger partial charge in [0.25, 0.3) is 5.56 Å². The van der Waals surface area contributed by atoms with Gasteiger partial charge in [-0.2, -0.15) is 9.97 Å². The number of anilines is 3. The van der Waals surface area contributed by atoms with Gasteiger partial charge in [0, 0.05) is 49.8 Å². The van der Waals surface area contributed by atoms with Crippen molar-refractivity contribution in [3.63, 3.8) is 0 Å². The number of nitrogens with one attached hydrogen (secondary N) is 1. The van der Waals surface area contributed by atoms with Crippen LogP contribution in [0.15, 0.2) is 65.6 Å². The molecule has 1 N–H and O–H groups in total. The highest BCUT2D eigenvalue weighted by atomic mass is 16.5. The van der Waals surface area contributed by atoms with Crippen LogP contribution in [-0.2, 0) is 6.54 Å². The van der Waals surface area contributed by atoms with Crippen molar-refractivity contribution in [2.24, 2.45) is 0 Å². The minimum Gasteiger partial charge on any atom is -0.478 e. The van der Waals surface area contributed by atoms with Crippen LogP contribution in [0, 0.1) is 0 Å². The zero-order chi connectivity index (χ0) is 25.2. The second-order valence-corrected chi connectivity index (χ2v) is 9.39. The molecule has 2 aliphatic heterocycles. The highest BCUT2D eigenvalue weighted by Crippen LogP contribution is 2.23. The Bertz CT molecular complexity index is 1480. The molecule has 6 rings (SSSR count). The molecule has 0 radical (unpaired) electrons. The van der Waals surface area contributed by atoms with Crippen molar-refractivity contribution in [3.05, 3.63) is 71.2 Å². The molecule has 0 aliphatic carbocycles. The van der Waals surface area contributed by atoms with E-state index in [1.165, 1.54) is 5.69 Å². The Labute approximate surface area is 214 Å². The number of benzene rings is 1. The number of hydrogen-bond donors (Lipinski definition) is 1. The van der Waals surface area contributed by atoms with Crippen molar-refractivity contribution in [3.8, 4) is 11.7 Å². The van der Waals surface area contributed by atoms with Crippen molar-refractivity contribution < 1.29 is 4.74 Å². The molecule has 10 nitrogen and oxygen atoms in total. The Morgan fingerprint density at radius 3 is 2.65 bits per heavy atom. The molecule has 0 amide bonds. The lowest BCUT2D eigenvalue weighted by atomic mass is 10.2. The number of aromatic nitrogens is 5. The predicted molar refractivity (Wildman–Crippen MR) is 144 cm³/mol. The molecule has 0 unspecified atom stereocenters. The SMILES string of the molecule is CN1CCN(c2ccc(Nc3ncc4c(=O)n5n(c4n3)-c3cccc(n3)OCCC/C=C\C5)cc2)CC1. The lowest BCUT2D eigenvalue weighted by molar-refractivity contribution is 0.299. The van der Waals surface area contributed by atoms with E-state index in [0.717, 1.165) is 44.7 Å². The second kappa shape index (κ2) is 10.1. The summed E-state index contributed by atoms with van der Waals surface area (Å²) in [5.41, 5.74) is 2.42. The average Bonchev–Trinajstić information content (AvgIpc) is 3.19. The molecule has 1 fully saturated rings. The predicted octanol–water partition coefficient (Wildman–Crippen LogP) is 3.20. The van der Waals surface area contributed by atoms with Crippen LogP contribution in [0.5, 0.6) is 5.88 Å².